The first-order valence-electron chi connectivity index (χ1n) is 10.2. The van der Waals surface area contributed by atoms with Crippen molar-refractivity contribution in [2.45, 2.75) is 32.2 Å². The molecule has 2 aliphatic rings. The summed E-state index contributed by atoms with van der Waals surface area (Å²) < 4.78 is 5.51. The van der Waals surface area contributed by atoms with Gasteiger partial charge in [0.1, 0.15) is 0 Å². The zero-order valence-electron chi connectivity index (χ0n) is 17.4. The van der Waals surface area contributed by atoms with Crippen molar-refractivity contribution in [3.63, 3.8) is 0 Å². The van der Waals surface area contributed by atoms with Crippen LogP contribution in [-0.4, -0.2) is 44.8 Å². The molecule has 0 saturated carbocycles. The molecule has 6 heteroatoms. The number of carbonyl (C=O) groups is 1. The quantitative estimate of drug-likeness (QED) is 0.675. The highest BCUT2D eigenvalue weighted by Crippen LogP contribution is 2.50. The fourth-order valence-corrected chi connectivity index (χ4v) is 4.50. The molecule has 2 aromatic carbocycles. The van der Waals surface area contributed by atoms with Crippen LogP contribution in [0.15, 0.2) is 42.5 Å². The molecule has 156 valence electrons. The molecular weight excluding hydrogens is 386 g/mol. The lowest BCUT2D eigenvalue weighted by atomic mass is 9.96. The molecule has 1 atom stereocenters. The molecule has 1 unspecified atom stereocenters. The maximum absolute atomic E-state index is 13.1. The van der Waals surface area contributed by atoms with Gasteiger partial charge in [-0.1, -0.05) is 30.3 Å². The summed E-state index contributed by atoms with van der Waals surface area (Å²) in [7, 11) is 4.18. The molecule has 0 N–H and O–H groups in total. The van der Waals surface area contributed by atoms with Crippen LogP contribution in [-0.2, 0) is 11.2 Å². The average Bonchev–Trinajstić information content (AvgIpc) is 3.06. The summed E-state index contributed by atoms with van der Waals surface area (Å²) in [6.45, 7) is 4.18. The number of amides is 1. The summed E-state index contributed by atoms with van der Waals surface area (Å²) in [5, 5.41) is 0. The Labute approximate surface area is 179 Å². The van der Waals surface area contributed by atoms with Gasteiger partial charge in [0, 0.05) is 12.2 Å². The molecule has 0 aliphatic carbocycles. The highest BCUT2D eigenvalue weighted by Gasteiger charge is 2.38. The minimum absolute atomic E-state index is 0. The van der Waals surface area contributed by atoms with Gasteiger partial charge >= 0.3 is 6.09 Å². The minimum Gasteiger partial charge on any atom is -0.449 e. The fraction of sp³-hybridized carbons (Fsp3) is 0.435. The highest BCUT2D eigenvalue weighted by atomic mass is 35.5. The van der Waals surface area contributed by atoms with E-state index in [9.17, 15) is 4.79 Å². The summed E-state index contributed by atoms with van der Waals surface area (Å²) >= 11 is 0. The van der Waals surface area contributed by atoms with E-state index in [0.29, 0.717) is 6.61 Å². The molecular formula is C23H30ClN3O2. The molecule has 1 amide bonds. The SMILES string of the molecule is CCOC(=O)N1c2ccccc2N2CCc3cccc(c32)C1CCCN(C)C.Cl. The van der Waals surface area contributed by atoms with E-state index in [0.717, 1.165) is 43.7 Å². The van der Waals surface area contributed by atoms with E-state index in [2.05, 4.69) is 60.3 Å². The van der Waals surface area contributed by atoms with Crippen molar-refractivity contribution in [2.75, 3.05) is 43.6 Å². The lowest BCUT2D eigenvalue weighted by Crippen LogP contribution is -2.35. The van der Waals surface area contributed by atoms with E-state index in [1.807, 2.05) is 17.9 Å². The van der Waals surface area contributed by atoms with Crippen molar-refractivity contribution in [1.82, 2.24) is 4.90 Å². The first kappa shape index (κ1) is 21.5. The largest absolute Gasteiger partial charge is 0.449 e. The first-order chi connectivity index (χ1) is 13.6. The Morgan fingerprint density at radius 2 is 1.90 bits per heavy atom. The molecule has 29 heavy (non-hydrogen) atoms. The predicted molar refractivity (Wildman–Crippen MR) is 121 cm³/mol. The highest BCUT2D eigenvalue weighted by molar-refractivity contribution is 5.97. The molecule has 5 nitrogen and oxygen atoms in total. The van der Waals surface area contributed by atoms with Gasteiger partial charge in [-0.2, -0.15) is 0 Å². The van der Waals surface area contributed by atoms with E-state index in [1.54, 1.807) is 0 Å². The third-order valence-corrected chi connectivity index (χ3v) is 5.68. The maximum atomic E-state index is 13.1. The van der Waals surface area contributed by atoms with Gasteiger partial charge in [-0.25, -0.2) is 4.79 Å². The third-order valence-electron chi connectivity index (χ3n) is 5.68. The molecule has 2 aromatic rings. The predicted octanol–water partition coefficient (Wildman–Crippen LogP) is 5.16. The van der Waals surface area contributed by atoms with Crippen LogP contribution in [0.5, 0.6) is 0 Å². The van der Waals surface area contributed by atoms with Crippen LogP contribution in [0.4, 0.5) is 21.9 Å². The zero-order chi connectivity index (χ0) is 19.7. The van der Waals surface area contributed by atoms with Crippen LogP contribution < -0.4 is 9.80 Å². The Kier molecular flexibility index (Phi) is 6.70. The number of para-hydroxylation sites is 3. The number of halogens is 1. The number of hydrogen-bond acceptors (Lipinski definition) is 4. The van der Waals surface area contributed by atoms with Gasteiger partial charge in [0.2, 0.25) is 0 Å². The molecule has 2 aliphatic heterocycles. The van der Waals surface area contributed by atoms with Crippen LogP contribution in [0.3, 0.4) is 0 Å². The van der Waals surface area contributed by atoms with Gasteiger partial charge in [-0.3, -0.25) is 4.90 Å². The van der Waals surface area contributed by atoms with Gasteiger partial charge in [-0.15, -0.1) is 12.4 Å². The average molecular weight is 416 g/mol. The Bertz CT molecular complexity index is 871. The first-order valence-corrected chi connectivity index (χ1v) is 10.2. The van der Waals surface area contributed by atoms with Crippen molar-refractivity contribution in [3.8, 4) is 0 Å². The van der Waals surface area contributed by atoms with Crippen molar-refractivity contribution in [2.24, 2.45) is 0 Å². The fourth-order valence-electron chi connectivity index (χ4n) is 4.50. The Hall–Kier alpha value is -2.24. The van der Waals surface area contributed by atoms with Gasteiger partial charge in [0.15, 0.2) is 0 Å². The van der Waals surface area contributed by atoms with E-state index in [1.165, 1.54) is 16.8 Å². The van der Waals surface area contributed by atoms with E-state index in [4.69, 9.17) is 4.74 Å². The second-order valence-electron chi connectivity index (χ2n) is 7.78. The normalized spacial score (nSPS) is 16.8. The number of nitrogens with zero attached hydrogens (tertiary/aromatic N) is 3. The van der Waals surface area contributed by atoms with E-state index < -0.39 is 0 Å². The number of anilines is 3. The van der Waals surface area contributed by atoms with Gasteiger partial charge < -0.3 is 14.5 Å². The molecule has 0 radical (unpaired) electrons. The molecule has 4 rings (SSSR count). The van der Waals surface area contributed by atoms with E-state index >= 15 is 0 Å². The van der Waals surface area contributed by atoms with Crippen molar-refractivity contribution in [1.29, 1.82) is 0 Å². The number of carbonyl (C=O) groups excluding carboxylic acids is 1. The standard InChI is InChI=1S/C23H29N3O2.ClH/c1-4-28-23(27)26-19(13-8-15-24(2)3)18-10-7-9-17-14-16-25(22(17)18)20-11-5-6-12-21(20)26;/h5-7,9-12,19H,4,8,13-16H2,1-3H3;1H. The third kappa shape index (κ3) is 3.94. The van der Waals surface area contributed by atoms with E-state index in [-0.39, 0.29) is 24.5 Å². The number of ether oxygens (including phenoxy) is 1. The topological polar surface area (TPSA) is 36.0 Å². The number of benzene rings is 2. The molecule has 0 bridgehead atoms. The maximum Gasteiger partial charge on any atom is 0.414 e. The van der Waals surface area contributed by atoms with Crippen molar-refractivity contribution < 1.29 is 9.53 Å². The molecule has 0 spiro atoms. The zero-order valence-corrected chi connectivity index (χ0v) is 18.2. The molecule has 0 saturated heterocycles. The van der Waals surface area contributed by atoms with Crippen molar-refractivity contribution >= 4 is 35.6 Å². The summed E-state index contributed by atoms with van der Waals surface area (Å²) in [5.41, 5.74) is 5.93. The van der Waals surface area contributed by atoms with Crippen LogP contribution in [0.2, 0.25) is 0 Å². The smallest absolute Gasteiger partial charge is 0.414 e. The summed E-state index contributed by atoms with van der Waals surface area (Å²) in [5.74, 6) is 0. The second-order valence-corrected chi connectivity index (χ2v) is 7.78. The van der Waals surface area contributed by atoms with Gasteiger partial charge in [0.05, 0.1) is 24.0 Å². The Morgan fingerprint density at radius 3 is 2.62 bits per heavy atom. The second kappa shape index (κ2) is 9.06. The van der Waals surface area contributed by atoms with Gasteiger partial charge in [-0.05, 0) is 70.1 Å². The number of rotatable bonds is 5. The van der Waals surface area contributed by atoms with Crippen LogP contribution in [0.1, 0.15) is 36.9 Å². The minimum atomic E-state index is -0.261. The van der Waals surface area contributed by atoms with Crippen LogP contribution in [0.25, 0.3) is 0 Å². The Balaban J connectivity index is 0.00000240. The summed E-state index contributed by atoms with van der Waals surface area (Å²) in [6, 6.07) is 14.7. The molecule has 0 aromatic heterocycles. The number of fused-ring (bicyclic) bond motifs is 2. The summed E-state index contributed by atoms with van der Waals surface area (Å²) in [6.07, 6.45) is 2.69. The summed E-state index contributed by atoms with van der Waals surface area (Å²) in [4.78, 5) is 19.6. The Morgan fingerprint density at radius 1 is 1.14 bits per heavy atom. The van der Waals surface area contributed by atoms with Crippen LogP contribution in [0, 0.1) is 0 Å². The lowest BCUT2D eigenvalue weighted by molar-refractivity contribution is 0.156. The molecule has 0 fully saturated rings. The van der Waals surface area contributed by atoms with Gasteiger partial charge in [0.25, 0.3) is 0 Å². The van der Waals surface area contributed by atoms with Crippen LogP contribution >= 0.6 is 12.4 Å². The number of hydrogen-bond donors (Lipinski definition) is 0. The lowest BCUT2D eigenvalue weighted by Gasteiger charge is -2.31. The monoisotopic (exact) mass is 415 g/mol. The van der Waals surface area contributed by atoms with Crippen molar-refractivity contribution in [3.05, 3.63) is 53.6 Å². The molecule has 2 heterocycles.